The lowest BCUT2D eigenvalue weighted by Crippen LogP contribution is -2.14. The average Bonchev–Trinajstić information content (AvgIpc) is 3.18. The fourth-order valence-corrected chi connectivity index (χ4v) is 5.34. The van der Waals surface area contributed by atoms with Crippen molar-refractivity contribution < 1.29 is 8.42 Å². The van der Waals surface area contributed by atoms with Gasteiger partial charge in [-0.15, -0.1) is 10.2 Å². The molecule has 0 atom stereocenters. The highest BCUT2D eigenvalue weighted by molar-refractivity contribution is 7.92. The first-order valence-electron chi connectivity index (χ1n) is 11.3. The first-order valence-corrected chi connectivity index (χ1v) is 12.7. The maximum Gasteiger partial charge on any atom is 0.261 e. The standard InChI is InChI=1S/C25H26N6O2S/c1-17-15-18(2)31(29-17)25-14-13-24(27-28-25)26-21-8-10-22(11-9-21)30-34(32,33)23-12-7-19-5-3-4-6-20(19)16-23/h7-16,30H,3-6H2,1-2H3,(H,26,27). The molecule has 1 aliphatic carbocycles. The molecule has 0 unspecified atom stereocenters. The molecule has 0 saturated heterocycles. The molecule has 34 heavy (non-hydrogen) atoms. The van der Waals surface area contributed by atoms with E-state index < -0.39 is 10.0 Å². The van der Waals surface area contributed by atoms with Crippen LogP contribution >= 0.6 is 0 Å². The Labute approximate surface area is 199 Å². The Morgan fingerprint density at radius 3 is 2.24 bits per heavy atom. The van der Waals surface area contributed by atoms with Gasteiger partial charge in [0, 0.05) is 17.1 Å². The molecular formula is C25H26N6O2S. The van der Waals surface area contributed by atoms with Crippen molar-refractivity contribution in [2.45, 2.75) is 44.4 Å². The van der Waals surface area contributed by atoms with Crippen LogP contribution in [0.1, 0.15) is 35.4 Å². The highest BCUT2D eigenvalue weighted by atomic mass is 32.2. The molecule has 0 amide bonds. The van der Waals surface area contributed by atoms with Crippen LogP contribution in [0.5, 0.6) is 0 Å². The number of aromatic nitrogens is 4. The van der Waals surface area contributed by atoms with Crippen LogP contribution in [0, 0.1) is 13.8 Å². The molecule has 0 bridgehead atoms. The van der Waals surface area contributed by atoms with Gasteiger partial charge in [-0.25, -0.2) is 13.1 Å². The molecule has 174 valence electrons. The zero-order chi connectivity index (χ0) is 23.7. The Morgan fingerprint density at radius 2 is 1.56 bits per heavy atom. The predicted octanol–water partition coefficient (Wildman–Crippen LogP) is 4.70. The lowest BCUT2D eigenvalue weighted by molar-refractivity contribution is 0.600. The van der Waals surface area contributed by atoms with Gasteiger partial charge in [-0.05, 0) is 105 Å². The summed E-state index contributed by atoms with van der Waals surface area (Å²) in [6.45, 7) is 3.90. The van der Waals surface area contributed by atoms with Crippen LogP contribution in [-0.2, 0) is 22.9 Å². The molecule has 2 aromatic heterocycles. The second-order valence-electron chi connectivity index (χ2n) is 8.56. The van der Waals surface area contributed by atoms with E-state index in [1.165, 1.54) is 5.56 Å². The minimum Gasteiger partial charge on any atom is -0.339 e. The topological polar surface area (TPSA) is 102 Å². The van der Waals surface area contributed by atoms with Crippen molar-refractivity contribution in [2.75, 3.05) is 10.0 Å². The summed E-state index contributed by atoms with van der Waals surface area (Å²) in [7, 11) is -3.65. The Hall–Kier alpha value is -3.72. The van der Waals surface area contributed by atoms with Crippen molar-refractivity contribution in [3.63, 3.8) is 0 Å². The number of benzene rings is 2. The Kier molecular flexibility index (Phi) is 5.79. The van der Waals surface area contributed by atoms with Gasteiger partial charge in [0.25, 0.3) is 10.0 Å². The van der Waals surface area contributed by atoms with Gasteiger partial charge in [0.05, 0.1) is 10.6 Å². The molecule has 2 heterocycles. The van der Waals surface area contributed by atoms with E-state index in [2.05, 4.69) is 25.3 Å². The van der Waals surface area contributed by atoms with Crippen LogP contribution in [-0.4, -0.2) is 28.4 Å². The summed E-state index contributed by atoms with van der Waals surface area (Å²) in [4.78, 5) is 0.299. The fourth-order valence-electron chi connectivity index (χ4n) is 4.23. The van der Waals surface area contributed by atoms with Crippen LogP contribution in [0.2, 0.25) is 0 Å². The summed E-state index contributed by atoms with van der Waals surface area (Å²) < 4.78 is 30.2. The van der Waals surface area contributed by atoms with Crippen molar-refractivity contribution in [1.29, 1.82) is 0 Å². The van der Waals surface area contributed by atoms with E-state index in [0.29, 0.717) is 22.2 Å². The third kappa shape index (κ3) is 4.65. The molecule has 8 nitrogen and oxygen atoms in total. The monoisotopic (exact) mass is 474 g/mol. The largest absolute Gasteiger partial charge is 0.339 e. The zero-order valence-electron chi connectivity index (χ0n) is 19.1. The van der Waals surface area contributed by atoms with Crippen molar-refractivity contribution in [1.82, 2.24) is 20.0 Å². The third-order valence-corrected chi connectivity index (χ3v) is 7.30. The maximum atomic E-state index is 12.9. The summed E-state index contributed by atoms with van der Waals surface area (Å²) in [5, 5.41) is 16.1. The zero-order valence-corrected chi connectivity index (χ0v) is 19.9. The first-order chi connectivity index (χ1) is 16.4. The van der Waals surface area contributed by atoms with Crippen molar-refractivity contribution in [3.8, 4) is 5.82 Å². The number of anilines is 3. The van der Waals surface area contributed by atoms with Crippen LogP contribution in [0.3, 0.4) is 0 Å². The Bertz CT molecular complexity index is 1430. The number of nitrogens with zero attached hydrogens (tertiary/aromatic N) is 4. The van der Waals surface area contributed by atoms with Gasteiger partial charge in [-0.1, -0.05) is 6.07 Å². The molecule has 2 aromatic carbocycles. The summed E-state index contributed by atoms with van der Waals surface area (Å²) in [5.74, 6) is 1.22. The van der Waals surface area contributed by atoms with Crippen molar-refractivity contribution in [2.24, 2.45) is 0 Å². The van der Waals surface area contributed by atoms with Gasteiger partial charge in [0.1, 0.15) is 0 Å². The van der Waals surface area contributed by atoms with Gasteiger partial charge in [-0.3, -0.25) is 4.72 Å². The minimum absolute atomic E-state index is 0.299. The molecule has 9 heteroatoms. The summed E-state index contributed by atoms with van der Waals surface area (Å²) >= 11 is 0. The van der Waals surface area contributed by atoms with E-state index in [9.17, 15) is 8.42 Å². The van der Waals surface area contributed by atoms with Crippen LogP contribution in [0.15, 0.2) is 65.6 Å². The lowest BCUT2D eigenvalue weighted by Gasteiger charge is -2.17. The van der Waals surface area contributed by atoms with Gasteiger partial charge >= 0.3 is 0 Å². The quantitative estimate of drug-likeness (QED) is 0.420. The van der Waals surface area contributed by atoms with Gasteiger partial charge in [0.15, 0.2) is 11.6 Å². The Morgan fingerprint density at radius 1 is 0.824 bits per heavy atom. The van der Waals surface area contributed by atoms with Crippen molar-refractivity contribution in [3.05, 3.63) is 83.2 Å². The molecule has 0 aliphatic heterocycles. The highest BCUT2D eigenvalue weighted by Gasteiger charge is 2.18. The highest BCUT2D eigenvalue weighted by Crippen LogP contribution is 2.26. The second kappa shape index (κ2) is 8.90. The van der Waals surface area contributed by atoms with E-state index in [0.717, 1.165) is 48.3 Å². The molecule has 2 N–H and O–H groups in total. The van der Waals surface area contributed by atoms with Crippen LogP contribution in [0.25, 0.3) is 5.82 Å². The first kappa shape index (κ1) is 22.1. The number of fused-ring (bicyclic) bond motifs is 1. The summed E-state index contributed by atoms with van der Waals surface area (Å²) in [6, 6.07) is 18.1. The molecule has 0 radical (unpaired) electrons. The van der Waals surface area contributed by atoms with E-state index >= 15 is 0 Å². The molecule has 1 aliphatic rings. The predicted molar refractivity (Wildman–Crippen MR) is 132 cm³/mol. The number of rotatable bonds is 6. The number of hydrogen-bond acceptors (Lipinski definition) is 6. The SMILES string of the molecule is Cc1cc(C)n(-c2ccc(Nc3ccc(NS(=O)(=O)c4ccc5c(c4)CCCC5)cc3)nn2)n1. The van der Waals surface area contributed by atoms with Crippen molar-refractivity contribution >= 4 is 27.2 Å². The molecule has 4 aromatic rings. The van der Waals surface area contributed by atoms with Crippen LogP contribution in [0.4, 0.5) is 17.2 Å². The summed E-state index contributed by atoms with van der Waals surface area (Å²) in [5.41, 5.74) is 5.56. The Balaban J connectivity index is 1.26. The smallest absolute Gasteiger partial charge is 0.261 e. The second-order valence-corrected chi connectivity index (χ2v) is 10.2. The average molecular weight is 475 g/mol. The minimum atomic E-state index is -3.65. The third-order valence-electron chi connectivity index (χ3n) is 5.92. The van der Waals surface area contributed by atoms with E-state index in [1.807, 2.05) is 38.1 Å². The van der Waals surface area contributed by atoms with Gasteiger partial charge < -0.3 is 5.32 Å². The molecule has 0 saturated carbocycles. The number of nitrogens with one attached hydrogen (secondary N) is 2. The van der Waals surface area contributed by atoms with Gasteiger partial charge in [-0.2, -0.15) is 5.10 Å². The maximum absolute atomic E-state index is 12.9. The molecule has 0 fully saturated rings. The van der Waals surface area contributed by atoms with E-state index in [1.54, 1.807) is 41.1 Å². The molecular weight excluding hydrogens is 448 g/mol. The van der Waals surface area contributed by atoms with Gasteiger partial charge in [0.2, 0.25) is 0 Å². The number of aryl methyl sites for hydroxylation is 4. The number of hydrogen-bond donors (Lipinski definition) is 2. The fraction of sp³-hybridized carbons (Fsp3) is 0.240. The summed E-state index contributed by atoms with van der Waals surface area (Å²) in [6.07, 6.45) is 4.22. The number of sulfonamides is 1. The molecule has 5 rings (SSSR count). The normalized spacial score (nSPS) is 13.4. The van der Waals surface area contributed by atoms with Crippen LogP contribution < -0.4 is 10.0 Å². The lowest BCUT2D eigenvalue weighted by atomic mass is 9.92. The van der Waals surface area contributed by atoms with E-state index in [-0.39, 0.29) is 0 Å². The molecule has 0 spiro atoms. The van der Waals surface area contributed by atoms with E-state index in [4.69, 9.17) is 0 Å².